The third kappa shape index (κ3) is 4.65. The maximum Gasteiger partial charge on any atom is 0.344 e. The van der Waals surface area contributed by atoms with Crippen LogP contribution >= 0.6 is 34.8 Å². The molecule has 0 fully saturated rings. The molecule has 3 aromatic rings. The first kappa shape index (κ1) is 23.3. The van der Waals surface area contributed by atoms with E-state index >= 15 is 0 Å². The Kier molecular flexibility index (Phi) is 6.81. The van der Waals surface area contributed by atoms with Gasteiger partial charge in [0.2, 0.25) is 13.6 Å². The lowest BCUT2D eigenvalue weighted by Crippen LogP contribution is -2.28. The average molecular weight is 501 g/mol. The fourth-order valence-corrected chi connectivity index (χ4v) is 5.35. The van der Waals surface area contributed by atoms with E-state index in [0.717, 1.165) is 0 Å². The molecule has 0 aliphatic heterocycles. The summed E-state index contributed by atoms with van der Waals surface area (Å²) in [6, 6.07) is 15.5. The van der Waals surface area contributed by atoms with Crippen LogP contribution in [0.3, 0.4) is 0 Å². The zero-order valence-electron chi connectivity index (χ0n) is 16.1. The van der Waals surface area contributed by atoms with Crippen molar-refractivity contribution in [1.29, 1.82) is 0 Å². The van der Waals surface area contributed by atoms with Crippen molar-refractivity contribution in [1.82, 2.24) is 4.98 Å². The van der Waals surface area contributed by atoms with E-state index in [4.69, 9.17) is 39.5 Å². The Morgan fingerprint density at radius 3 is 2.06 bits per heavy atom. The van der Waals surface area contributed by atoms with E-state index in [9.17, 15) is 18.0 Å². The van der Waals surface area contributed by atoms with Gasteiger partial charge in [-0.1, -0.05) is 83.3 Å². The molecular weight excluding hydrogens is 485 g/mol. The summed E-state index contributed by atoms with van der Waals surface area (Å²) < 4.78 is 30.1. The lowest BCUT2D eigenvalue weighted by Gasteiger charge is -2.21. The van der Waals surface area contributed by atoms with Crippen LogP contribution in [0.25, 0.3) is 11.1 Å². The zero-order chi connectivity index (χ0) is 22.8. The molecule has 1 heterocycles. The van der Waals surface area contributed by atoms with Crippen LogP contribution in [0, 0.1) is 0 Å². The number of rotatable bonds is 5. The van der Waals surface area contributed by atoms with E-state index in [0.29, 0.717) is 0 Å². The Balaban J connectivity index is 2.57. The zero-order valence-corrected chi connectivity index (χ0v) is 19.1. The number of esters is 1. The maximum atomic E-state index is 13.7. The smallest absolute Gasteiger partial charge is 0.344 e. The van der Waals surface area contributed by atoms with E-state index in [1.807, 2.05) is 0 Å². The van der Waals surface area contributed by atoms with E-state index in [2.05, 4.69) is 4.98 Å². The Bertz CT molecular complexity index is 1270. The Morgan fingerprint density at radius 1 is 1.00 bits per heavy atom. The van der Waals surface area contributed by atoms with Crippen LogP contribution in [0.2, 0.25) is 0 Å². The second-order valence-electron chi connectivity index (χ2n) is 6.31. The van der Waals surface area contributed by atoms with Crippen molar-refractivity contribution in [3.8, 4) is 11.1 Å². The van der Waals surface area contributed by atoms with Gasteiger partial charge in [-0.15, -0.1) is 0 Å². The molecule has 0 spiro atoms. The normalized spacial score (nSPS) is 11.9. The number of nitrogens with one attached hydrogen (secondary N) is 1. The van der Waals surface area contributed by atoms with Gasteiger partial charge in [0, 0.05) is 5.56 Å². The minimum Gasteiger partial charge on any atom is -0.462 e. The van der Waals surface area contributed by atoms with E-state index in [1.165, 1.54) is 24.3 Å². The molecule has 31 heavy (non-hydrogen) atoms. The van der Waals surface area contributed by atoms with E-state index in [1.54, 1.807) is 43.3 Å². The summed E-state index contributed by atoms with van der Waals surface area (Å²) in [7, 11) is -4.35. The van der Waals surface area contributed by atoms with Gasteiger partial charge in [0.1, 0.15) is 10.5 Å². The van der Waals surface area contributed by atoms with Crippen LogP contribution in [-0.4, -0.2) is 26.0 Å². The minimum absolute atomic E-state index is 0.0283. The van der Waals surface area contributed by atoms with Crippen molar-refractivity contribution in [2.75, 3.05) is 6.61 Å². The summed E-state index contributed by atoms with van der Waals surface area (Å²) in [6.45, 7) is 1.53. The third-order valence-corrected chi connectivity index (χ3v) is 6.72. The standard InChI is InChI=1S/C21H16Cl3NO5S/c1-2-30-20(27)16-15(13-9-5-3-6-10-13)17(18(21(22,23)24)25-19(16)26)31(28,29)14-11-7-4-8-12-14/h3-12H,2H2,1H3,(H,25,26). The Morgan fingerprint density at radius 2 is 1.55 bits per heavy atom. The largest absolute Gasteiger partial charge is 0.462 e. The lowest BCUT2D eigenvalue weighted by molar-refractivity contribution is 0.0525. The second kappa shape index (κ2) is 9.04. The van der Waals surface area contributed by atoms with Crippen molar-refractivity contribution in [3.05, 3.63) is 82.3 Å². The highest BCUT2D eigenvalue weighted by Gasteiger charge is 2.39. The number of halogens is 3. The molecule has 1 N–H and O–H groups in total. The van der Waals surface area contributed by atoms with Crippen molar-refractivity contribution in [2.45, 2.75) is 20.5 Å². The maximum absolute atomic E-state index is 13.7. The van der Waals surface area contributed by atoms with Crippen molar-refractivity contribution < 1.29 is 17.9 Å². The Hall–Kier alpha value is -2.32. The van der Waals surface area contributed by atoms with Gasteiger partial charge in [-0.25, -0.2) is 13.2 Å². The van der Waals surface area contributed by atoms with Gasteiger partial charge in [0.05, 0.1) is 17.2 Å². The number of alkyl halides is 3. The summed E-state index contributed by atoms with van der Waals surface area (Å²) in [6.07, 6.45) is 0. The molecule has 0 amide bonds. The summed E-state index contributed by atoms with van der Waals surface area (Å²) >= 11 is 18.2. The summed E-state index contributed by atoms with van der Waals surface area (Å²) in [4.78, 5) is 27.3. The van der Waals surface area contributed by atoms with Gasteiger partial charge in [0.15, 0.2) is 0 Å². The van der Waals surface area contributed by atoms with Crippen molar-refractivity contribution in [3.63, 3.8) is 0 Å². The topological polar surface area (TPSA) is 93.3 Å². The quantitative estimate of drug-likeness (QED) is 0.398. The third-order valence-electron chi connectivity index (χ3n) is 4.32. The fourth-order valence-electron chi connectivity index (χ4n) is 3.05. The number of ether oxygens (including phenoxy) is 1. The molecule has 0 bridgehead atoms. The molecule has 162 valence electrons. The molecule has 0 aliphatic rings. The molecule has 0 saturated carbocycles. The van der Waals surface area contributed by atoms with Crippen LogP contribution < -0.4 is 5.56 Å². The molecule has 0 radical (unpaired) electrons. The highest BCUT2D eigenvalue weighted by atomic mass is 35.6. The summed E-state index contributed by atoms with van der Waals surface area (Å²) in [5, 5.41) is 0. The van der Waals surface area contributed by atoms with Crippen LogP contribution in [-0.2, 0) is 18.4 Å². The highest BCUT2D eigenvalue weighted by Crippen LogP contribution is 2.45. The monoisotopic (exact) mass is 499 g/mol. The molecular formula is C21H16Cl3NO5S. The number of benzene rings is 2. The number of carbonyl (C=O) groups is 1. The number of sulfone groups is 1. The predicted octanol–water partition coefficient (Wildman–Crippen LogP) is 4.88. The molecule has 0 atom stereocenters. The molecule has 0 unspecified atom stereocenters. The number of carbonyl (C=O) groups excluding carboxylic acids is 1. The van der Waals surface area contributed by atoms with Gasteiger partial charge < -0.3 is 9.72 Å². The Labute approximate surface area is 193 Å². The van der Waals surface area contributed by atoms with E-state index in [-0.39, 0.29) is 22.6 Å². The minimum atomic E-state index is -4.35. The molecule has 3 rings (SSSR count). The van der Waals surface area contributed by atoms with Crippen LogP contribution in [0.4, 0.5) is 0 Å². The SMILES string of the molecule is CCOC(=O)c1c(-c2ccccc2)c(S(=O)(=O)c2ccccc2)c(C(Cl)(Cl)Cl)[nH]c1=O. The highest BCUT2D eigenvalue weighted by molar-refractivity contribution is 7.91. The van der Waals surface area contributed by atoms with Gasteiger partial charge in [-0.05, 0) is 24.6 Å². The van der Waals surface area contributed by atoms with Gasteiger partial charge in [0.25, 0.3) is 5.56 Å². The first-order valence-corrected chi connectivity index (χ1v) is 11.6. The van der Waals surface area contributed by atoms with Crippen molar-refractivity contribution >= 4 is 50.6 Å². The van der Waals surface area contributed by atoms with Crippen LogP contribution in [0.1, 0.15) is 23.0 Å². The molecule has 10 heteroatoms. The molecule has 0 aliphatic carbocycles. The second-order valence-corrected chi connectivity index (χ2v) is 10.5. The number of pyridine rings is 1. The predicted molar refractivity (Wildman–Crippen MR) is 120 cm³/mol. The number of H-pyrrole nitrogens is 1. The number of hydrogen-bond acceptors (Lipinski definition) is 5. The lowest BCUT2D eigenvalue weighted by atomic mass is 10.00. The fraction of sp³-hybridized carbons (Fsp3) is 0.143. The number of hydrogen-bond donors (Lipinski definition) is 1. The molecule has 6 nitrogen and oxygen atoms in total. The molecule has 1 aromatic heterocycles. The van der Waals surface area contributed by atoms with Crippen molar-refractivity contribution in [2.24, 2.45) is 0 Å². The van der Waals surface area contributed by atoms with Gasteiger partial charge >= 0.3 is 5.97 Å². The summed E-state index contributed by atoms with van der Waals surface area (Å²) in [5.74, 6) is -0.997. The summed E-state index contributed by atoms with van der Waals surface area (Å²) in [5.41, 5.74) is -1.85. The molecule has 2 aromatic carbocycles. The van der Waals surface area contributed by atoms with Gasteiger partial charge in [-0.2, -0.15) is 0 Å². The van der Waals surface area contributed by atoms with E-state index < -0.39 is 41.3 Å². The van der Waals surface area contributed by atoms with Gasteiger partial charge in [-0.3, -0.25) is 4.79 Å². The number of aromatic nitrogens is 1. The average Bonchev–Trinajstić information content (AvgIpc) is 2.73. The first-order chi connectivity index (χ1) is 14.6. The first-order valence-electron chi connectivity index (χ1n) is 8.99. The van der Waals surface area contributed by atoms with Crippen LogP contribution in [0.5, 0.6) is 0 Å². The number of aromatic amines is 1. The molecule has 0 saturated heterocycles. The van der Waals surface area contributed by atoms with Crippen LogP contribution in [0.15, 0.2) is 75.2 Å².